The molecule has 0 aromatic carbocycles. The van der Waals surface area contributed by atoms with Gasteiger partial charge in [0.1, 0.15) is 17.2 Å². The highest BCUT2D eigenvalue weighted by Gasteiger charge is 2.01. The van der Waals surface area contributed by atoms with Crippen molar-refractivity contribution >= 4 is 18.4 Å². The van der Waals surface area contributed by atoms with Crippen LogP contribution < -0.4 is 5.56 Å². The SMILES string of the molecule is Cc1ccc(/C=N\n2c(=S)[nH]nc(C)c2=O)o1. The Labute approximate surface area is 102 Å². The predicted molar refractivity (Wildman–Crippen MR) is 64.9 cm³/mol. The zero-order chi connectivity index (χ0) is 12.4. The Balaban J connectivity index is 2.43. The van der Waals surface area contributed by atoms with Crippen LogP contribution in [-0.4, -0.2) is 21.1 Å². The van der Waals surface area contributed by atoms with Crippen molar-refractivity contribution in [1.82, 2.24) is 14.9 Å². The van der Waals surface area contributed by atoms with E-state index in [4.69, 9.17) is 16.6 Å². The van der Waals surface area contributed by atoms with Gasteiger partial charge in [0.2, 0.25) is 4.77 Å². The first kappa shape index (κ1) is 11.5. The van der Waals surface area contributed by atoms with Gasteiger partial charge in [-0.3, -0.25) is 9.89 Å². The van der Waals surface area contributed by atoms with Crippen molar-refractivity contribution < 1.29 is 4.42 Å². The van der Waals surface area contributed by atoms with E-state index in [9.17, 15) is 4.79 Å². The number of hydrogen-bond donors (Lipinski definition) is 1. The molecule has 0 saturated carbocycles. The normalized spacial score (nSPS) is 11.2. The predicted octanol–water partition coefficient (Wildman–Crippen LogP) is 1.39. The van der Waals surface area contributed by atoms with Crippen molar-refractivity contribution in [2.24, 2.45) is 5.10 Å². The van der Waals surface area contributed by atoms with Gasteiger partial charge in [0, 0.05) is 0 Å². The standard InChI is InChI=1S/C10H10N4O2S/c1-6-3-4-8(16-6)5-11-14-9(15)7(2)12-13-10(14)17/h3-5H,1-2H3,(H,13,17)/b11-5-. The smallest absolute Gasteiger partial charge is 0.296 e. The first-order valence-electron chi connectivity index (χ1n) is 4.87. The molecule has 0 atom stereocenters. The van der Waals surface area contributed by atoms with E-state index in [-0.39, 0.29) is 10.3 Å². The third-order valence-electron chi connectivity index (χ3n) is 2.08. The van der Waals surface area contributed by atoms with Crippen LogP contribution in [0.2, 0.25) is 0 Å². The number of aromatic nitrogens is 3. The van der Waals surface area contributed by atoms with Crippen molar-refractivity contribution in [3.05, 3.63) is 44.5 Å². The molecule has 0 unspecified atom stereocenters. The summed E-state index contributed by atoms with van der Waals surface area (Å²) in [6.45, 7) is 3.41. The average molecular weight is 250 g/mol. The van der Waals surface area contributed by atoms with Gasteiger partial charge < -0.3 is 4.42 Å². The summed E-state index contributed by atoms with van der Waals surface area (Å²) >= 11 is 4.92. The number of hydrogen-bond acceptors (Lipinski definition) is 5. The Bertz CT molecular complexity index is 680. The van der Waals surface area contributed by atoms with Crippen LogP contribution in [0.25, 0.3) is 0 Å². The maximum Gasteiger partial charge on any atom is 0.296 e. The monoisotopic (exact) mass is 250 g/mol. The zero-order valence-electron chi connectivity index (χ0n) is 9.30. The molecule has 88 valence electrons. The van der Waals surface area contributed by atoms with Crippen LogP contribution in [-0.2, 0) is 0 Å². The summed E-state index contributed by atoms with van der Waals surface area (Å²) in [7, 11) is 0. The molecule has 0 fully saturated rings. The molecular weight excluding hydrogens is 240 g/mol. The van der Waals surface area contributed by atoms with E-state index >= 15 is 0 Å². The Morgan fingerprint density at radius 1 is 1.53 bits per heavy atom. The highest BCUT2D eigenvalue weighted by Crippen LogP contribution is 2.03. The summed E-state index contributed by atoms with van der Waals surface area (Å²) in [6.07, 6.45) is 1.43. The van der Waals surface area contributed by atoms with E-state index in [1.807, 2.05) is 13.0 Å². The Morgan fingerprint density at radius 2 is 2.29 bits per heavy atom. The van der Waals surface area contributed by atoms with Crippen molar-refractivity contribution in [2.75, 3.05) is 0 Å². The van der Waals surface area contributed by atoms with Crippen molar-refractivity contribution in [1.29, 1.82) is 0 Å². The Kier molecular flexibility index (Phi) is 3.01. The number of H-pyrrole nitrogens is 1. The van der Waals surface area contributed by atoms with E-state index in [0.717, 1.165) is 10.4 Å². The lowest BCUT2D eigenvalue weighted by atomic mass is 10.4. The number of aromatic amines is 1. The summed E-state index contributed by atoms with van der Waals surface area (Å²) in [4.78, 5) is 11.7. The third-order valence-corrected chi connectivity index (χ3v) is 2.34. The molecule has 0 saturated heterocycles. The van der Waals surface area contributed by atoms with Gasteiger partial charge in [0.25, 0.3) is 5.56 Å². The highest BCUT2D eigenvalue weighted by molar-refractivity contribution is 7.71. The van der Waals surface area contributed by atoms with E-state index in [2.05, 4.69) is 15.3 Å². The molecule has 2 rings (SSSR count). The van der Waals surface area contributed by atoms with Gasteiger partial charge in [-0.2, -0.15) is 14.9 Å². The van der Waals surface area contributed by atoms with Gasteiger partial charge >= 0.3 is 0 Å². The molecule has 2 aromatic heterocycles. The minimum absolute atomic E-state index is 0.139. The molecule has 2 heterocycles. The summed E-state index contributed by atoms with van der Waals surface area (Å²) in [5.74, 6) is 1.33. The molecule has 0 radical (unpaired) electrons. The van der Waals surface area contributed by atoms with E-state index in [1.54, 1.807) is 13.0 Å². The van der Waals surface area contributed by atoms with Gasteiger partial charge in [-0.05, 0) is 38.2 Å². The zero-order valence-corrected chi connectivity index (χ0v) is 10.1. The number of aryl methyl sites for hydroxylation is 2. The topological polar surface area (TPSA) is 76.2 Å². The first-order chi connectivity index (χ1) is 8.08. The molecule has 0 aliphatic carbocycles. The summed E-state index contributed by atoms with van der Waals surface area (Å²) in [6, 6.07) is 3.56. The molecule has 7 heteroatoms. The lowest BCUT2D eigenvalue weighted by Crippen LogP contribution is -2.22. The number of nitrogens with zero attached hydrogens (tertiary/aromatic N) is 3. The molecule has 1 N–H and O–H groups in total. The summed E-state index contributed by atoms with van der Waals surface area (Å²) < 4.78 is 6.49. The maximum atomic E-state index is 11.7. The second-order valence-corrected chi connectivity index (χ2v) is 3.81. The minimum atomic E-state index is -0.353. The molecule has 2 aromatic rings. The number of rotatable bonds is 2. The molecule has 0 amide bonds. The highest BCUT2D eigenvalue weighted by atomic mass is 32.1. The van der Waals surface area contributed by atoms with E-state index in [1.165, 1.54) is 6.21 Å². The largest absolute Gasteiger partial charge is 0.460 e. The Morgan fingerprint density at radius 3 is 2.94 bits per heavy atom. The quantitative estimate of drug-likeness (QED) is 0.645. The number of furan rings is 1. The fraction of sp³-hybridized carbons (Fsp3) is 0.200. The van der Waals surface area contributed by atoms with E-state index in [0.29, 0.717) is 11.5 Å². The molecule has 0 aliphatic heterocycles. The van der Waals surface area contributed by atoms with Crippen LogP contribution in [0.5, 0.6) is 0 Å². The molecule has 6 nitrogen and oxygen atoms in total. The van der Waals surface area contributed by atoms with Crippen LogP contribution >= 0.6 is 12.2 Å². The molecular formula is C10H10N4O2S. The van der Waals surface area contributed by atoms with Crippen molar-refractivity contribution in [3.8, 4) is 0 Å². The van der Waals surface area contributed by atoms with Crippen LogP contribution in [0.1, 0.15) is 17.2 Å². The summed E-state index contributed by atoms with van der Waals surface area (Å²) in [5, 5.41) is 10.2. The van der Waals surface area contributed by atoms with Gasteiger partial charge in [-0.1, -0.05) is 0 Å². The maximum absolute atomic E-state index is 11.7. The second-order valence-electron chi connectivity index (χ2n) is 3.42. The van der Waals surface area contributed by atoms with Crippen LogP contribution in [0.3, 0.4) is 0 Å². The molecule has 0 bridgehead atoms. The fourth-order valence-electron chi connectivity index (χ4n) is 1.21. The van der Waals surface area contributed by atoms with Gasteiger partial charge in [0.05, 0.1) is 6.21 Å². The first-order valence-corrected chi connectivity index (χ1v) is 5.28. The van der Waals surface area contributed by atoms with Gasteiger partial charge in [0.15, 0.2) is 0 Å². The van der Waals surface area contributed by atoms with Crippen LogP contribution in [0, 0.1) is 18.6 Å². The molecule has 17 heavy (non-hydrogen) atoms. The van der Waals surface area contributed by atoms with Gasteiger partial charge in [-0.15, -0.1) is 0 Å². The number of nitrogens with one attached hydrogen (secondary N) is 1. The van der Waals surface area contributed by atoms with Crippen molar-refractivity contribution in [2.45, 2.75) is 13.8 Å². The molecule has 0 aliphatic rings. The van der Waals surface area contributed by atoms with Crippen LogP contribution in [0.15, 0.2) is 26.4 Å². The third kappa shape index (κ3) is 2.39. The lowest BCUT2D eigenvalue weighted by Gasteiger charge is -1.97. The van der Waals surface area contributed by atoms with E-state index < -0.39 is 0 Å². The second kappa shape index (κ2) is 4.46. The average Bonchev–Trinajstić information content (AvgIpc) is 2.70. The minimum Gasteiger partial charge on any atom is -0.460 e. The Hall–Kier alpha value is -2.02. The van der Waals surface area contributed by atoms with Crippen LogP contribution in [0.4, 0.5) is 0 Å². The summed E-state index contributed by atoms with van der Waals surface area (Å²) in [5.41, 5.74) is -0.0559. The fourth-order valence-corrected chi connectivity index (χ4v) is 1.39. The van der Waals surface area contributed by atoms with Gasteiger partial charge in [-0.25, -0.2) is 0 Å². The molecule has 0 spiro atoms. The van der Waals surface area contributed by atoms with Crippen molar-refractivity contribution in [3.63, 3.8) is 0 Å². The lowest BCUT2D eigenvalue weighted by molar-refractivity contribution is 0.527.